The molecule has 2 aliphatic carbocycles. The fourth-order valence-electron chi connectivity index (χ4n) is 8.69. The number of ether oxygens (including phenoxy) is 2. The van der Waals surface area contributed by atoms with Crippen LogP contribution in [0.15, 0.2) is 35.2 Å². The highest BCUT2D eigenvalue weighted by atomic mass is 16.5. The van der Waals surface area contributed by atoms with Crippen LogP contribution in [-0.4, -0.2) is 97.2 Å². The maximum atomic E-state index is 14.5. The van der Waals surface area contributed by atoms with E-state index in [1.54, 1.807) is 6.20 Å². The van der Waals surface area contributed by atoms with Crippen LogP contribution in [0.2, 0.25) is 0 Å². The van der Waals surface area contributed by atoms with Crippen LogP contribution in [0.4, 0.5) is 0 Å². The lowest BCUT2D eigenvalue weighted by Crippen LogP contribution is -2.69. The number of rotatable bonds is 14. The van der Waals surface area contributed by atoms with Crippen molar-refractivity contribution in [3.63, 3.8) is 0 Å². The summed E-state index contributed by atoms with van der Waals surface area (Å²) < 4.78 is 17.6. The zero-order chi connectivity index (χ0) is 35.5. The second kappa shape index (κ2) is 19.0. The van der Waals surface area contributed by atoms with Crippen LogP contribution in [0.3, 0.4) is 0 Å². The van der Waals surface area contributed by atoms with Crippen LogP contribution in [-0.2, 0) is 29.1 Å². The number of carbonyl (C=O) groups excluding carboxylic acids is 1. The third-order valence-electron chi connectivity index (χ3n) is 11.9. The van der Waals surface area contributed by atoms with Gasteiger partial charge in [-0.05, 0) is 75.9 Å². The summed E-state index contributed by atoms with van der Waals surface area (Å²) in [6.45, 7) is 4.20. The zero-order valence-electron chi connectivity index (χ0n) is 31.3. The minimum atomic E-state index is -0.652. The third kappa shape index (κ3) is 10.8. The van der Waals surface area contributed by atoms with E-state index < -0.39 is 6.10 Å². The first-order valence-corrected chi connectivity index (χ1v) is 20.0. The smallest absolute Gasteiger partial charge is 0.224 e. The number of likely N-dealkylation sites (N-methyl/N-ethyl adjacent to an activating group) is 1. The molecule has 6 rings (SSSR count). The summed E-state index contributed by atoms with van der Waals surface area (Å²) in [5.74, 6) is 1.41. The Bertz CT molecular complexity index is 1320. The van der Waals surface area contributed by atoms with Crippen LogP contribution in [0.5, 0.6) is 5.75 Å². The van der Waals surface area contributed by atoms with Crippen molar-refractivity contribution < 1.29 is 23.8 Å². The van der Waals surface area contributed by atoms with Crippen molar-refractivity contribution >= 4 is 5.91 Å². The first kappa shape index (κ1) is 38.2. The highest BCUT2D eigenvalue weighted by molar-refractivity contribution is 5.80. The van der Waals surface area contributed by atoms with Crippen molar-refractivity contribution in [2.24, 2.45) is 11.3 Å². The number of β-amino-alcohol motifs (C(OH)–C–C–N with tert-alkyl or cyclic N) is 1. The minimum absolute atomic E-state index is 0.0313. The summed E-state index contributed by atoms with van der Waals surface area (Å²) in [5.41, 5.74) is 2.33. The highest BCUT2D eigenvalue weighted by Gasteiger charge is 2.53. The SMILES string of the molecule is CN(C)CCOC1CC(C(=O)NC[C@H](O)CN2CCc3cc(OCc4cnco4)ccc3C2)C2(CCCCCCCCCC2)C(NC2CCC2)N1. The summed E-state index contributed by atoms with van der Waals surface area (Å²) in [4.78, 5) is 22.9. The molecule has 0 bridgehead atoms. The summed E-state index contributed by atoms with van der Waals surface area (Å²) in [7, 11) is 4.13. The molecule has 3 fully saturated rings. The third-order valence-corrected chi connectivity index (χ3v) is 11.9. The average molecular weight is 709 g/mol. The van der Waals surface area contributed by atoms with E-state index in [0.29, 0.717) is 38.0 Å². The molecular weight excluding hydrogens is 644 g/mol. The Balaban J connectivity index is 1.09. The topological polar surface area (TPSA) is 124 Å². The largest absolute Gasteiger partial charge is 0.486 e. The Labute approximate surface area is 305 Å². The van der Waals surface area contributed by atoms with Gasteiger partial charge < -0.3 is 29.2 Å². The molecule has 51 heavy (non-hydrogen) atoms. The standard InChI is InChI=1S/C40H64N6O5/c1-45(2)20-21-49-37-23-36(40(39(44-37)43-32-12-11-13-32)17-9-7-5-3-4-6-8-10-18-40)38(48)42-24-33(47)27-46-19-16-30-22-34(15-14-31(30)26-46)50-28-35-25-41-29-51-35/h14-15,22,25,29,32-33,36-37,39,43-44,47H,3-13,16-21,23-24,26-28H2,1-2H3,(H,42,48)/t33-,36?,37?,39?/m0/s1. The Kier molecular flexibility index (Phi) is 14.2. The monoisotopic (exact) mass is 708 g/mol. The Morgan fingerprint density at radius 3 is 2.55 bits per heavy atom. The van der Waals surface area contributed by atoms with Gasteiger partial charge in [0.15, 0.2) is 12.2 Å². The molecule has 2 aromatic rings. The fraction of sp³-hybridized carbons (Fsp3) is 0.750. The van der Waals surface area contributed by atoms with Crippen molar-refractivity contribution in [2.45, 2.75) is 134 Å². The van der Waals surface area contributed by atoms with Crippen LogP contribution in [0.25, 0.3) is 0 Å². The molecule has 11 nitrogen and oxygen atoms in total. The minimum Gasteiger partial charge on any atom is -0.486 e. The lowest BCUT2D eigenvalue weighted by Gasteiger charge is -2.54. The maximum absolute atomic E-state index is 14.5. The number of nitrogens with one attached hydrogen (secondary N) is 3. The molecule has 3 unspecified atom stereocenters. The predicted octanol–water partition coefficient (Wildman–Crippen LogP) is 4.97. The van der Waals surface area contributed by atoms with Crippen molar-refractivity contribution in [1.29, 1.82) is 0 Å². The van der Waals surface area contributed by atoms with Gasteiger partial charge in [-0.1, -0.05) is 63.9 Å². The van der Waals surface area contributed by atoms with E-state index >= 15 is 0 Å². The summed E-state index contributed by atoms with van der Waals surface area (Å²) >= 11 is 0. The van der Waals surface area contributed by atoms with Crippen molar-refractivity contribution in [2.75, 3.05) is 46.9 Å². The normalized spacial score (nSPS) is 25.5. The molecule has 1 spiro atoms. The number of aliphatic hydroxyl groups is 1. The number of nitrogens with zero attached hydrogens (tertiary/aromatic N) is 3. The Hall–Kier alpha value is -2.54. The number of oxazole rings is 1. The number of piperidine rings is 1. The molecule has 1 saturated heterocycles. The molecule has 2 aliphatic heterocycles. The molecule has 1 amide bonds. The number of hydrogen-bond acceptors (Lipinski definition) is 10. The number of hydrogen-bond donors (Lipinski definition) is 4. The first-order valence-electron chi connectivity index (χ1n) is 20.0. The second-order valence-electron chi connectivity index (χ2n) is 16.0. The van der Waals surface area contributed by atoms with Gasteiger partial charge in [-0.25, -0.2) is 4.98 Å². The lowest BCUT2D eigenvalue weighted by atomic mass is 9.62. The van der Waals surface area contributed by atoms with Gasteiger partial charge in [-0.15, -0.1) is 0 Å². The van der Waals surface area contributed by atoms with Gasteiger partial charge in [0, 0.05) is 44.2 Å². The number of aliphatic hydroxyl groups excluding tert-OH is 1. The van der Waals surface area contributed by atoms with Gasteiger partial charge in [-0.3, -0.25) is 20.3 Å². The van der Waals surface area contributed by atoms with Crippen molar-refractivity contribution in [1.82, 2.24) is 30.7 Å². The number of fused-ring (bicyclic) bond motifs is 1. The molecule has 4 atom stereocenters. The first-order chi connectivity index (χ1) is 24.9. The van der Waals surface area contributed by atoms with Gasteiger partial charge in [-0.2, -0.15) is 0 Å². The molecule has 11 heteroatoms. The van der Waals surface area contributed by atoms with E-state index in [-0.39, 0.29) is 36.2 Å². The quantitative estimate of drug-likeness (QED) is 0.214. The zero-order valence-corrected chi connectivity index (χ0v) is 31.3. The Morgan fingerprint density at radius 2 is 1.86 bits per heavy atom. The van der Waals surface area contributed by atoms with E-state index in [2.05, 4.69) is 57.0 Å². The van der Waals surface area contributed by atoms with Gasteiger partial charge in [0.25, 0.3) is 0 Å². The van der Waals surface area contributed by atoms with Gasteiger partial charge >= 0.3 is 0 Å². The molecule has 2 saturated carbocycles. The van der Waals surface area contributed by atoms with E-state index in [4.69, 9.17) is 13.9 Å². The van der Waals surface area contributed by atoms with Crippen LogP contribution in [0.1, 0.15) is 107 Å². The van der Waals surface area contributed by atoms with Crippen LogP contribution < -0.4 is 20.7 Å². The predicted molar refractivity (Wildman–Crippen MR) is 198 cm³/mol. The molecular formula is C40H64N6O5. The molecule has 4 N–H and O–H groups in total. The molecule has 284 valence electrons. The fourth-order valence-corrected chi connectivity index (χ4v) is 8.69. The molecule has 0 radical (unpaired) electrons. The van der Waals surface area contributed by atoms with Crippen molar-refractivity contribution in [3.8, 4) is 5.75 Å². The number of carbonyl (C=O) groups is 1. The van der Waals surface area contributed by atoms with Gasteiger partial charge in [0.2, 0.25) is 5.91 Å². The number of aromatic nitrogens is 1. The number of amides is 1. The molecule has 1 aromatic carbocycles. The summed E-state index contributed by atoms with van der Waals surface area (Å²) in [6.07, 6.45) is 19.5. The lowest BCUT2D eigenvalue weighted by molar-refractivity contribution is -0.145. The molecule has 4 aliphatic rings. The van der Waals surface area contributed by atoms with Crippen molar-refractivity contribution in [3.05, 3.63) is 47.7 Å². The highest BCUT2D eigenvalue weighted by Crippen LogP contribution is 2.48. The van der Waals surface area contributed by atoms with E-state index in [0.717, 1.165) is 57.5 Å². The van der Waals surface area contributed by atoms with Gasteiger partial charge in [0.05, 0.1) is 31.0 Å². The van der Waals surface area contributed by atoms with Crippen LogP contribution >= 0.6 is 0 Å². The molecule has 1 aromatic heterocycles. The van der Waals surface area contributed by atoms with Gasteiger partial charge in [0.1, 0.15) is 18.6 Å². The second-order valence-corrected chi connectivity index (χ2v) is 16.0. The van der Waals surface area contributed by atoms with E-state index in [1.807, 2.05) is 6.07 Å². The summed E-state index contributed by atoms with van der Waals surface area (Å²) in [6, 6.07) is 6.72. The van der Waals surface area contributed by atoms with Crippen LogP contribution in [0, 0.1) is 11.3 Å². The molecule has 3 heterocycles. The average Bonchev–Trinajstić information content (AvgIpc) is 3.61. The maximum Gasteiger partial charge on any atom is 0.224 e. The number of benzene rings is 1. The summed E-state index contributed by atoms with van der Waals surface area (Å²) in [5, 5.41) is 22.5. The Morgan fingerprint density at radius 1 is 1.10 bits per heavy atom. The van der Waals surface area contributed by atoms with E-state index in [1.165, 1.54) is 75.3 Å². The van der Waals surface area contributed by atoms with E-state index in [9.17, 15) is 9.90 Å².